The van der Waals surface area contributed by atoms with Crippen molar-refractivity contribution in [3.8, 4) is 11.8 Å². The lowest BCUT2D eigenvalue weighted by Gasteiger charge is -2.28. The molecule has 2 rings (SSSR count). The van der Waals surface area contributed by atoms with Gasteiger partial charge in [0.2, 0.25) is 0 Å². The molecule has 20 heavy (non-hydrogen) atoms. The number of carbonyl (C=O) groups excluding carboxylic acids is 1. The van der Waals surface area contributed by atoms with Crippen LogP contribution in [0.15, 0.2) is 11.4 Å². The van der Waals surface area contributed by atoms with Crippen molar-refractivity contribution in [3.63, 3.8) is 0 Å². The molecule has 1 aliphatic carbocycles. The van der Waals surface area contributed by atoms with Crippen LogP contribution in [-0.2, 0) is 0 Å². The molecule has 0 aliphatic heterocycles. The molecule has 1 amide bonds. The molecular weight excluding hydrogens is 274 g/mol. The van der Waals surface area contributed by atoms with Crippen molar-refractivity contribution >= 4 is 17.2 Å². The molecule has 1 fully saturated rings. The van der Waals surface area contributed by atoms with Gasteiger partial charge in [0.25, 0.3) is 5.91 Å². The maximum atomic E-state index is 12.4. The third-order valence-corrected chi connectivity index (χ3v) is 4.48. The summed E-state index contributed by atoms with van der Waals surface area (Å²) < 4.78 is 0. The van der Waals surface area contributed by atoms with E-state index in [1.165, 1.54) is 11.3 Å². The van der Waals surface area contributed by atoms with Crippen LogP contribution in [0.25, 0.3) is 0 Å². The minimum absolute atomic E-state index is 0.123. The van der Waals surface area contributed by atoms with Crippen LogP contribution in [0.2, 0.25) is 0 Å². The van der Waals surface area contributed by atoms with Crippen molar-refractivity contribution in [1.82, 2.24) is 4.90 Å². The second-order valence-corrected chi connectivity index (χ2v) is 6.13. The zero-order valence-corrected chi connectivity index (χ0v) is 12.4. The lowest BCUT2D eigenvalue weighted by molar-refractivity contribution is 0.0158. The number of hydrogen-bond donors (Lipinski definition) is 2. The molecular formula is C15H19NO3S. The van der Waals surface area contributed by atoms with Crippen molar-refractivity contribution in [2.45, 2.75) is 31.3 Å². The number of nitrogens with zero attached hydrogens (tertiary/aromatic N) is 1. The Bertz CT molecular complexity index is 535. The zero-order chi connectivity index (χ0) is 14.6. The van der Waals surface area contributed by atoms with Crippen LogP contribution in [0.3, 0.4) is 0 Å². The number of likely N-dealkylation sites (N-methyl/N-ethyl adjacent to an activating group) is 1. The van der Waals surface area contributed by atoms with Crippen LogP contribution in [-0.4, -0.2) is 46.8 Å². The van der Waals surface area contributed by atoms with E-state index in [2.05, 4.69) is 11.8 Å². The first-order valence-corrected chi connectivity index (χ1v) is 7.59. The fourth-order valence-electron chi connectivity index (χ4n) is 2.59. The number of hydrogen-bond acceptors (Lipinski definition) is 4. The third kappa shape index (κ3) is 3.40. The predicted octanol–water partition coefficient (Wildman–Crippen LogP) is 1.47. The second kappa shape index (κ2) is 6.40. The normalized spacial score (nSPS) is 16.6. The number of aliphatic hydroxyl groups excluding tert-OH is 1. The first-order chi connectivity index (χ1) is 9.56. The van der Waals surface area contributed by atoms with Gasteiger partial charge in [0.15, 0.2) is 0 Å². The summed E-state index contributed by atoms with van der Waals surface area (Å²) in [6, 6.07) is 1.78. The molecule has 1 saturated carbocycles. The van der Waals surface area contributed by atoms with Gasteiger partial charge in [-0.1, -0.05) is 24.7 Å². The molecule has 0 saturated heterocycles. The van der Waals surface area contributed by atoms with Crippen molar-refractivity contribution < 1.29 is 15.0 Å². The molecule has 0 unspecified atom stereocenters. The summed E-state index contributed by atoms with van der Waals surface area (Å²) in [5.41, 5.74) is -0.0992. The van der Waals surface area contributed by atoms with Gasteiger partial charge in [-0.25, -0.2) is 0 Å². The first kappa shape index (κ1) is 15.0. The van der Waals surface area contributed by atoms with Gasteiger partial charge in [-0.15, -0.1) is 11.3 Å². The summed E-state index contributed by atoms with van der Waals surface area (Å²) in [5, 5.41) is 20.9. The average molecular weight is 293 g/mol. The molecule has 0 aromatic carbocycles. The fourth-order valence-corrected chi connectivity index (χ4v) is 3.43. The Labute approximate surface area is 123 Å². The van der Waals surface area contributed by atoms with Crippen LogP contribution in [0.5, 0.6) is 0 Å². The molecule has 0 atom stereocenters. The first-order valence-electron chi connectivity index (χ1n) is 6.71. The average Bonchev–Trinajstić information content (AvgIpc) is 3.04. The molecule has 4 nitrogen and oxygen atoms in total. The molecule has 1 aromatic rings. The molecule has 0 spiro atoms. The van der Waals surface area contributed by atoms with E-state index in [0.29, 0.717) is 17.0 Å². The SMILES string of the molecule is CN(CC1(O)CCCC1)C(=O)c1sccc1C#CCO. The zero-order valence-electron chi connectivity index (χ0n) is 11.6. The third-order valence-electron chi connectivity index (χ3n) is 3.57. The van der Waals surface area contributed by atoms with E-state index in [4.69, 9.17) is 5.11 Å². The van der Waals surface area contributed by atoms with E-state index in [1.54, 1.807) is 18.0 Å². The van der Waals surface area contributed by atoms with Gasteiger partial charge < -0.3 is 15.1 Å². The Morgan fingerprint density at radius 2 is 2.20 bits per heavy atom. The molecule has 1 aromatic heterocycles. The molecule has 108 valence electrons. The monoisotopic (exact) mass is 293 g/mol. The summed E-state index contributed by atoms with van der Waals surface area (Å²) in [7, 11) is 1.71. The summed E-state index contributed by atoms with van der Waals surface area (Å²) in [5.74, 6) is 5.22. The quantitative estimate of drug-likeness (QED) is 0.830. The predicted molar refractivity (Wildman–Crippen MR) is 78.7 cm³/mol. The highest BCUT2D eigenvalue weighted by Crippen LogP contribution is 2.30. The Morgan fingerprint density at radius 3 is 2.85 bits per heavy atom. The summed E-state index contributed by atoms with van der Waals surface area (Å²) >= 11 is 1.34. The molecule has 5 heteroatoms. The fraction of sp³-hybridized carbons (Fsp3) is 0.533. The summed E-state index contributed by atoms with van der Waals surface area (Å²) in [6.45, 7) is 0.135. The van der Waals surface area contributed by atoms with E-state index >= 15 is 0 Å². The number of rotatable bonds is 3. The van der Waals surface area contributed by atoms with Gasteiger partial charge in [0.05, 0.1) is 5.60 Å². The largest absolute Gasteiger partial charge is 0.388 e. The minimum Gasteiger partial charge on any atom is -0.388 e. The topological polar surface area (TPSA) is 60.8 Å². The van der Waals surface area contributed by atoms with Gasteiger partial charge >= 0.3 is 0 Å². The van der Waals surface area contributed by atoms with E-state index in [-0.39, 0.29) is 12.5 Å². The molecule has 1 heterocycles. The Kier molecular flexibility index (Phi) is 4.81. The van der Waals surface area contributed by atoms with Crippen LogP contribution < -0.4 is 0 Å². The molecule has 2 N–H and O–H groups in total. The van der Waals surface area contributed by atoms with E-state index in [0.717, 1.165) is 25.7 Å². The van der Waals surface area contributed by atoms with Gasteiger partial charge in [-0.05, 0) is 24.3 Å². The van der Waals surface area contributed by atoms with E-state index in [9.17, 15) is 9.90 Å². The lowest BCUT2D eigenvalue weighted by atomic mass is 10.0. The van der Waals surface area contributed by atoms with Crippen molar-refractivity contribution in [2.24, 2.45) is 0 Å². The number of carbonyl (C=O) groups is 1. The Hall–Kier alpha value is -1.35. The number of amides is 1. The van der Waals surface area contributed by atoms with Gasteiger partial charge in [0.1, 0.15) is 11.5 Å². The smallest absolute Gasteiger partial charge is 0.265 e. The van der Waals surface area contributed by atoms with E-state index in [1.807, 2.05) is 5.38 Å². The lowest BCUT2D eigenvalue weighted by Crippen LogP contribution is -2.42. The second-order valence-electron chi connectivity index (χ2n) is 5.22. The molecule has 0 radical (unpaired) electrons. The van der Waals surface area contributed by atoms with E-state index < -0.39 is 5.60 Å². The minimum atomic E-state index is -0.737. The number of aliphatic hydroxyl groups is 2. The van der Waals surface area contributed by atoms with Gasteiger partial charge in [0, 0.05) is 19.2 Å². The van der Waals surface area contributed by atoms with Gasteiger partial charge in [-0.2, -0.15) is 0 Å². The molecule has 0 bridgehead atoms. The van der Waals surface area contributed by atoms with Crippen LogP contribution in [0, 0.1) is 11.8 Å². The highest BCUT2D eigenvalue weighted by Gasteiger charge is 2.34. The number of thiophene rings is 1. The van der Waals surface area contributed by atoms with Crippen LogP contribution in [0.1, 0.15) is 40.9 Å². The molecule has 1 aliphatic rings. The Morgan fingerprint density at radius 1 is 1.50 bits per heavy atom. The van der Waals surface area contributed by atoms with Crippen LogP contribution in [0.4, 0.5) is 0 Å². The van der Waals surface area contributed by atoms with Crippen molar-refractivity contribution in [3.05, 3.63) is 21.9 Å². The highest BCUT2D eigenvalue weighted by atomic mass is 32.1. The summed E-state index contributed by atoms with van der Waals surface area (Å²) in [6.07, 6.45) is 3.55. The van der Waals surface area contributed by atoms with Crippen molar-refractivity contribution in [1.29, 1.82) is 0 Å². The van der Waals surface area contributed by atoms with Crippen LogP contribution >= 0.6 is 11.3 Å². The Balaban J connectivity index is 2.09. The maximum Gasteiger partial charge on any atom is 0.265 e. The highest BCUT2D eigenvalue weighted by molar-refractivity contribution is 7.12. The summed E-state index contributed by atoms with van der Waals surface area (Å²) in [4.78, 5) is 14.6. The van der Waals surface area contributed by atoms with Crippen molar-refractivity contribution in [2.75, 3.05) is 20.2 Å². The van der Waals surface area contributed by atoms with Gasteiger partial charge in [-0.3, -0.25) is 4.79 Å². The standard InChI is InChI=1S/C15H19NO3S/c1-16(11-15(19)7-2-3-8-15)14(18)13-12(5-4-9-17)6-10-20-13/h6,10,17,19H,2-3,7-9,11H2,1H3. The maximum absolute atomic E-state index is 12.4.